The summed E-state index contributed by atoms with van der Waals surface area (Å²) in [6.07, 6.45) is 8.60. The second kappa shape index (κ2) is 2.65. The lowest BCUT2D eigenvalue weighted by molar-refractivity contribution is 0.504. The minimum absolute atomic E-state index is 0.359. The molecule has 0 amide bonds. The Labute approximate surface area is 71.9 Å². The van der Waals surface area contributed by atoms with Gasteiger partial charge in [-0.25, -0.2) is 0 Å². The van der Waals surface area contributed by atoms with Crippen LogP contribution in [0.1, 0.15) is 12.8 Å². The summed E-state index contributed by atoms with van der Waals surface area (Å²) in [6, 6.07) is 0.359. The van der Waals surface area contributed by atoms with Gasteiger partial charge in [0.2, 0.25) is 0 Å². The van der Waals surface area contributed by atoms with Crippen LogP contribution in [-0.4, -0.2) is 6.04 Å². The first-order valence-electron chi connectivity index (χ1n) is 4.08. The van der Waals surface area contributed by atoms with Crippen molar-refractivity contribution < 1.29 is 0 Å². The topological polar surface area (TPSA) is 26.0 Å². The number of hydrogen-bond donors (Lipinski definition) is 1. The van der Waals surface area contributed by atoms with Crippen molar-refractivity contribution in [1.82, 2.24) is 0 Å². The zero-order chi connectivity index (χ0) is 7.84. The summed E-state index contributed by atoms with van der Waals surface area (Å²) >= 11 is 5.86. The molecule has 2 unspecified atom stereocenters. The van der Waals surface area contributed by atoms with E-state index in [0.717, 1.165) is 11.5 Å². The monoisotopic (exact) mass is 169 g/mol. The molecule has 11 heavy (non-hydrogen) atoms. The van der Waals surface area contributed by atoms with E-state index in [1.54, 1.807) is 0 Å². The Kier molecular flexibility index (Phi) is 1.78. The van der Waals surface area contributed by atoms with Crippen molar-refractivity contribution in [2.75, 3.05) is 0 Å². The number of halogens is 1. The number of nitrogens with two attached hydrogens (primary N) is 1. The van der Waals surface area contributed by atoms with Crippen LogP contribution in [0.3, 0.4) is 0 Å². The molecule has 1 fully saturated rings. The van der Waals surface area contributed by atoms with Gasteiger partial charge < -0.3 is 5.73 Å². The van der Waals surface area contributed by atoms with Gasteiger partial charge in [-0.15, -0.1) is 0 Å². The molecule has 0 bridgehead atoms. The average Bonchev–Trinajstić information content (AvgIpc) is 2.32. The van der Waals surface area contributed by atoms with E-state index < -0.39 is 0 Å². The summed E-state index contributed by atoms with van der Waals surface area (Å²) in [4.78, 5) is 0. The van der Waals surface area contributed by atoms with Crippen LogP contribution in [0.4, 0.5) is 0 Å². The van der Waals surface area contributed by atoms with Crippen LogP contribution >= 0.6 is 11.6 Å². The first-order chi connectivity index (χ1) is 5.27. The van der Waals surface area contributed by atoms with E-state index in [-0.39, 0.29) is 0 Å². The molecular formula is C9H12ClN. The van der Waals surface area contributed by atoms with Crippen molar-refractivity contribution in [3.8, 4) is 0 Å². The molecule has 2 heteroatoms. The van der Waals surface area contributed by atoms with Gasteiger partial charge in [0.25, 0.3) is 0 Å². The van der Waals surface area contributed by atoms with Crippen molar-refractivity contribution in [3.63, 3.8) is 0 Å². The molecule has 0 saturated heterocycles. The average molecular weight is 170 g/mol. The first-order valence-corrected chi connectivity index (χ1v) is 4.46. The van der Waals surface area contributed by atoms with Gasteiger partial charge in [0, 0.05) is 11.1 Å². The molecule has 0 spiro atoms. The predicted octanol–water partition coefficient (Wildman–Crippen LogP) is 2.03. The van der Waals surface area contributed by atoms with Gasteiger partial charge in [-0.05, 0) is 30.8 Å². The lowest BCUT2D eigenvalue weighted by atomic mass is 9.90. The highest BCUT2D eigenvalue weighted by atomic mass is 35.5. The fraction of sp³-hybridized carbons (Fsp3) is 0.556. The molecule has 0 radical (unpaired) electrons. The second-order valence-electron chi connectivity index (χ2n) is 3.39. The summed E-state index contributed by atoms with van der Waals surface area (Å²) in [7, 11) is 0. The molecule has 60 valence electrons. The molecule has 2 N–H and O–H groups in total. The summed E-state index contributed by atoms with van der Waals surface area (Å²) < 4.78 is 0. The van der Waals surface area contributed by atoms with Gasteiger partial charge >= 0.3 is 0 Å². The number of hydrogen-bond acceptors (Lipinski definition) is 1. The van der Waals surface area contributed by atoms with Gasteiger partial charge in [-0.2, -0.15) is 0 Å². The van der Waals surface area contributed by atoms with E-state index in [9.17, 15) is 0 Å². The highest BCUT2D eigenvalue weighted by Crippen LogP contribution is 2.37. The predicted molar refractivity (Wildman–Crippen MR) is 47.3 cm³/mol. The van der Waals surface area contributed by atoms with Crippen LogP contribution in [-0.2, 0) is 0 Å². The second-order valence-corrected chi connectivity index (χ2v) is 3.83. The molecule has 1 saturated carbocycles. The highest BCUT2D eigenvalue weighted by molar-refractivity contribution is 6.31. The van der Waals surface area contributed by atoms with Gasteiger partial charge in [0.15, 0.2) is 0 Å². The van der Waals surface area contributed by atoms with E-state index in [2.05, 4.69) is 12.2 Å². The van der Waals surface area contributed by atoms with Gasteiger partial charge in [0.1, 0.15) is 0 Å². The lowest BCUT2D eigenvalue weighted by Gasteiger charge is -2.19. The Morgan fingerprint density at radius 3 is 3.09 bits per heavy atom. The lowest BCUT2D eigenvalue weighted by Crippen LogP contribution is -2.26. The number of allylic oxidation sites excluding steroid dienone is 3. The zero-order valence-corrected chi connectivity index (χ0v) is 7.09. The quantitative estimate of drug-likeness (QED) is 0.590. The van der Waals surface area contributed by atoms with E-state index in [0.29, 0.717) is 17.9 Å². The van der Waals surface area contributed by atoms with Gasteiger partial charge in [0.05, 0.1) is 0 Å². The number of rotatable bonds is 0. The van der Waals surface area contributed by atoms with Crippen LogP contribution in [0.15, 0.2) is 23.3 Å². The van der Waals surface area contributed by atoms with Crippen molar-refractivity contribution in [2.45, 2.75) is 18.9 Å². The Morgan fingerprint density at radius 1 is 1.45 bits per heavy atom. The Balaban J connectivity index is 2.21. The maximum atomic E-state index is 5.91. The molecule has 0 aromatic carbocycles. The fourth-order valence-electron chi connectivity index (χ4n) is 2.03. The smallest absolute Gasteiger partial charge is 0.0366 e. The Bertz CT molecular complexity index is 220. The standard InChI is InChI=1S/C9H12ClN/c10-7-2-3-8-6(5-7)1-4-9(8)11/h2-3,5-6,8-9H,1,4,11H2/t6?,8?,9-/m1/s1. The summed E-state index contributed by atoms with van der Waals surface area (Å²) in [5, 5.41) is 0.875. The third-order valence-electron chi connectivity index (χ3n) is 2.67. The largest absolute Gasteiger partial charge is 0.327 e. The molecule has 0 aromatic heterocycles. The van der Waals surface area contributed by atoms with Crippen LogP contribution in [0, 0.1) is 11.8 Å². The van der Waals surface area contributed by atoms with Gasteiger partial charge in [-0.1, -0.05) is 23.8 Å². The fourth-order valence-corrected chi connectivity index (χ4v) is 2.26. The van der Waals surface area contributed by atoms with Crippen LogP contribution in [0.25, 0.3) is 0 Å². The van der Waals surface area contributed by atoms with Crippen LogP contribution in [0.2, 0.25) is 0 Å². The molecule has 2 aliphatic rings. The van der Waals surface area contributed by atoms with Gasteiger partial charge in [-0.3, -0.25) is 0 Å². The molecule has 0 aromatic rings. The molecular weight excluding hydrogens is 158 g/mol. The molecule has 0 aliphatic heterocycles. The van der Waals surface area contributed by atoms with Crippen molar-refractivity contribution in [1.29, 1.82) is 0 Å². The van der Waals surface area contributed by atoms with E-state index in [1.165, 1.54) is 6.42 Å². The Hall–Kier alpha value is -0.270. The zero-order valence-electron chi connectivity index (χ0n) is 6.33. The first kappa shape index (κ1) is 7.38. The van der Waals surface area contributed by atoms with Crippen LogP contribution in [0.5, 0.6) is 0 Å². The third kappa shape index (κ3) is 1.23. The minimum Gasteiger partial charge on any atom is -0.327 e. The van der Waals surface area contributed by atoms with E-state index in [1.807, 2.05) is 6.08 Å². The highest BCUT2D eigenvalue weighted by Gasteiger charge is 2.31. The summed E-state index contributed by atoms with van der Waals surface area (Å²) in [5.74, 6) is 1.17. The molecule has 2 aliphatic carbocycles. The molecule has 0 heterocycles. The van der Waals surface area contributed by atoms with Crippen molar-refractivity contribution in [3.05, 3.63) is 23.3 Å². The van der Waals surface area contributed by atoms with E-state index >= 15 is 0 Å². The maximum absolute atomic E-state index is 5.91. The number of fused-ring (bicyclic) bond motifs is 1. The van der Waals surface area contributed by atoms with Crippen LogP contribution < -0.4 is 5.73 Å². The summed E-state index contributed by atoms with van der Waals surface area (Å²) in [5.41, 5.74) is 5.91. The van der Waals surface area contributed by atoms with Crippen molar-refractivity contribution >= 4 is 11.6 Å². The normalized spacial score (nSPS) is 42.0. The maximum Gasteiger partial charge on any atom is 0.0366 e. The minimum atomic E-state index is 0.359. The molecule has 3 atom stereocenters. The summed E-state index contributed by atoms with van der Waals surface area (Å²) in [6.45, 7) is 0. The van der Waals surface area contributed by atoms with E-state index in [4.69, 9.17) is 17.3 Å². The SMILES string of the molecule is N[C@@H]1CCC2C=C(Cl)C=CC21. The molecule has 2 rings (SSSR count). The Morgan fingerprint density at radius 2 is 2.27 bits per heavy atom. The third-order valence-corrected chi connectivity index (χ3v) is 2.93. The molecule has 1 nitrogen and oxygen atoms in total. The van der Waals surface area contributed by atoms with Crippen molar-refractivity contribution in [2.24, 2.45) is 17.6 Å².